The normalized spacial score (nSPS) is 22.1. The van der Waals surface area contributed by atoms with E-state index in [2.05, 4.69) is 9.80 Å². The number of unbranched alkanes of at least 4 members (excludes halogenated alkanes) is 2. The molecule has 0 aromatic rings. The maximum absolute atomic E-state index is 12.3. The third kappa shape index (κ3) is 4.46. The van der Waals surface area contributed by atoms with Gasteiger partial charge >= 0.3 is 0 Å². The first-order valence-corrected chi connectivity index (χ1v) is 8.02. The molecule has 2 aliphatic rings. The molecule has 1 saturated carbocycles. The first kappa shape index (κ1) is 14.8. The first-order chi connectivity index (χ1) is 9.31. The zero-order chi connectivity index (χ0) is 13.5. The van der Waals surface area contributed by atoms with Crippen LogP contribution in [0, 0.1) is 5.92 Å². The Morgan fingerprint density at radius 3 is 2.32 bits per heavy atom. The highest BCUT2D eigenvalue weighted by molar-refractivity contribution is 5.79. The van der Waals surface area contributed by atoms with Crippen LogP contribution in [0.4, 0.5) is 0 Å². The third-order valence-electron chi connectivity index (χ3n) is 4.57. The van der Waals surface area contributed by atoms with E-state index in [-0.39, 0.29) is 0 Å². The number of nitrogens with two attached hydrogens (primary N) is 1. The van der Waals surface area contributed by atoms with Gasteiger partial charge in [-0.2, -0.15) is 0 Å². The summed E-state index contributed by atoms with van der Waals surface area (Å²) in [5.41, 5.74) is 5.50. The maximum Gasteiger partial charge on any atom is 0.225 e. The molecule has 0 aromatic heterocycles. The lowest BCUT2D eigenvalue weighted by atomic mass is 10.1. The Morgan fingerprint density at radius 1 is 1.00 bits per heavy atom. The van der Waals surface area contributed by atoms with E-state index >= 15 is 0 Å². The average molecular weight is 267 g/mol. The highest BCUT2D eigenvalue weighted by Crippen LogP contribution is 2.26. The lowest BCUT2D eigenvalue weighted by Crippen LogP contribution is -2.50. The summed E-state index contributed by atoms with van der Waals surface area (Å²) in [5.74, 6) is 0.774. The molecule has 1 aliphatic heterocycles. The molecule has 0 unspecified atom stereocenters. The number of amides is 1. The van der Waals surface area contributed by atoms with Gasteiger partial charge in [-0.3, -0.25) is 9.69 Å². The summed E-state index contributed by atoms with van der Waals surface area (Å²) < 4.78 is 0. The molecular formula is C15H29N3O. The predicted molar refractivity (Wildman–Crippen MR) is 77.9 cm³/mol. The Kier molecular flexibility index (Phi) is 6.11. The molecule has 2 N–H and O–H groups in total. The van der Waals surface area contributed by atoms with Crippen LogP contribution in [0.2, 0.25) is 0 Å². The van der Waals surface area contributed by atoms with Crippen molar-refractivity contribution in [1.29, 1.82) is 0 Å². The Morgan fingerprint density at radius 2 is 1.68 bits per heavy atom. The standard InChI is InChI=1S/C15H29N3O/c16-8-4-1-5-9-17-10-12-18(13-11-17)15(19)14-6-2-3-7-14/h14H,1-13,16H2. The molecule has 1 heterocycles. The van der Waals surface area contributed by atoms with Gasteiger partial charge in [-0.15, -0.1) is 0 Å². The summed E-state index contributed by atoms with van der Waals surface area (Å²) in [5, 5.41) is 0. The lowest BCUT2D eigenvalue weighted by molar-refractivity contribution is -0.137. The van der Waals surface area contributed by atoms with Crippen LogP contribution in [0.15, 0.2) is 0 Å². The van der Waals surface area contributed by atoms with Crippen molar-refractivity contribution in [2.45, 2.75) is 44.9 Å². The number of hydrogen-bond donors (Lipinski definition) is 1. The number of hydrogen-bond acceptors (Lipinski definition) is 3. The van der Waals surface area contributed by atoms with E-state index in [1.807, 2.05) is 0 Å². The van der Waals surface area contributed by atoms with E-state index in [0.717, 1.165) is 52.0 Å². The highest BCUT2D eigenvalue weighted by Gasteiger charge is 2.29. The van der Waals surface area contributed by atoms with Crippen LogP contribution in [-0.4, -0.2) is 55.0 Å². The average Bonchev–Trinajstić information content (AvgIpc) is 2.98. The minimum absolute atomic E-state index is 0.344. The van der Waals surface area contributed by atoms with Gasteiger partial charge in [-0.1, -0.05) is 19.3 Å². The molecule has 0 atom stereocenters. The second-order valence-corrected chi connectivity index (χ2v) is 6.00. The third-order valence-corrected chi connectivity index (χ3v) is 4.57. The smallest absolute Gasteiger partial charge is 0.225 e. The zero-order valence-corrected chi connectivity index (χ0v) is 12.1. The van der Waals surface area contributed by atoms with Crippen LogP contribution >= 0.6 is 0 Å². The molecule has 1 saturated heterocycles. The fourth-order valence-corrected chi connectivity index (χ4v) is 3.28. The Hall–Kier alpha value is -0.610. The molecule has 19 heavy (non-hydrogen) atoms. The van der Waals surface area contributed by atoms with E-state index in [4.69, 9.17) is 5.73 Å². The van der Waals surface area contributed by atoms with Crippen molar-refractivity contribution in [2.24, 2.45) is 11.7 Å². The Balaban J connectivity index is 1.63. The van der Waals surface area contributed by atoms with E-state index in [9.17, 15) is 4.79 Å². The number of rotatable bonds is 6. The van der Waals surface area contributed by atoms with Gasteiger partial charge in [0.1, 0.15) is 0 Å². The van der Waals surface area contributed by atoms with Gasteiger partial charge in [0.05, 0.1) is 0 Å². The quantitative estimate of drug-likeness (QED) is 0.741. The van der Waals surface area contributed by atoms with Crippen molar-refractivity contribution >= 4 is 5.91 Å². The molecule has 1 aliphatic carbocycles. The highest BCUT2D eigenvalue weighted by atomic mass is 16.2. The second kappa shape index (κ2) is 7.85. The monoisotopic (exact) mass is 267 g/mol. The minimum Gasteiger partial charge on any atom is -0.340 e. The van der Waals surface area contributed by atoms with E-state index < -0.39 is 0 Å². The molecule has 2 fully saturated rings. The molecule has 4 heteroatoms. The number of carbonyl (C=O) groups is 1. The van der Waals surface area contributed by atoms with Gasteiger partial charge < -0.3 is 10.6 Å². The van der Waals surface area contributed by atoms with Crippen LogP contribution in [-0.2, 0) is 4.79 Å². The van der Waals surface area contributed by atoms with E-state index in [0.29, 0.717) is 11.8 Å². The number of nitrogens with zero attached hydrogens (tertiary/aromatic N) is 2. The number of carbonyl (C=O) groups excluding carboxylic acids is 1. The number of piperazine rings is 1. The van der Waals surface area contributed by atoms with Crippen molar-refractivity contribution in [3.8, 4) is 0 Å². The molecule has 0 spiro atoms. The van der Waals surface area contributed by atoms with Gasteiger partial charge in [-0.05, 0) is 38.8 Å². The van der Waals surface area contributed by atoms with Gasteiger partial charge in [-0.25, -0.2) is 0 Å². The fraction of sp³-hybridized carbons (Fsp3) is 0.933. The molecule has 1 amide bonds. The summed E-state index contributed by atoms with van der Waals surface area (Å²) in [4.78, 5) is 16.9. The van der Waals surface area contributed by atoms with Crippen molar-refractivity contribution in [3.63, 3.8) is 0 Å². The predicted octanol–water partition coefficient (Wildman–Crippen LogP) is 1.45. The summed E-state index contributed by atoms with van der Waals surface area (Å²) >= 11 is 0. The van der Waals surface area contributed by atoms with Gasteiger partial charge in [0.15, 0.2) is 0 Å². The van der Waals surface area contributed by atoms with Crippen molar-refractivity contribution < 1.29 is 4.79 Å². The van der Waals surface area contributed by atoms with E-state index in [1.54, 1.807) is 0 Å². The topological polar surface area (TPSA) is 49.6 Å². The molecule has 2 rings (SSSR count). The van der Waals surface area contributed by atoms with Crippen molar-refractivity contribution in [2.75, 3.05) is 39.3 Å². The van der Waals surface area contributed by atoms with E-state index in [1.165, 1.54) is 32.2 Å². The SMILES string of the molecule is NCCCCCN1CCN(C(=O)C2CCCC2)CC1. The van der Waals surface area contributed by atoms with Gasteiger partial charge in [0, 0.05) is 32.1 Å². The summed E-state index contributed by atoms with van der Waals surface area (Å²) in [6, 6.07) is 0. The summed E-state index contributed by atoms with van der Waals surface area (Å²) in [7, 11) is 0. The molecule has 0 bridgehead atoms. The molecule has 110 valence electrons. The van der Waals surface area contributed by atoms with Crippen LogP contribution < -0.4 is 5.73 Å². The summed E-state index contributed by atoms with van der Waals surface area (Å²) in [6.45, 7) is 5.97. The Bertz CT molecular complexity index is 269. The van der Waals surface area contributed by atoms with Crippen LogP contribution in [0.5, 0.6) is 0 Å². The first-order valence-electron chi connectivity index (χ1n) is 8.02. The molecular weight excluding hydrogens is 238 g/mol. The van der Waals surface area contributed by atoms with Crippen LogP contribution in [0.1, 0.15) is 44.9 Å². The fourth-order valence-electron chi connectivity index (χ4n) is 3.28. The lowest BCUT2D eigenvalue weighted by Gasteiger charge is -2.36. The largest absolute Gasteiger partial charge is 0.340 e. The molecule has 0 radical (unpaired) electrons. The van der Waals surface area contributed by atoms with Crippen molar-refractivity contribution in [3.05, 3.63) is 0 Å². The zero-order valence-electron chi connectivity index (χ0n) is 12.1. The van der Waals surface area contributed by atoms with Crippen LogP contribution in [0.3, 0.4) is 0 Å². The van der Waals surface area contributed by atoms with Gasteiger partial charge in [0.2, 0.25) is 5.91 Å². The molecule has 4 nitrogen and oxygen atoms in total. The van der Waals surface area contributed by atoms with Crippen molar-refractivity contribution in [1.82, 2.24) is 9.80 Å². The minimum atomic E-state index is 0.344. The Labute approximate surface area is 117 Å². The van der Waals surface area contributed by atoms with Crippen LogP contribution in [0.25, 0.3) is 0 Å². The summed E-state index contributed by atoms with van der Waals surface area (Å²) in [6.07, 6.45) is 8.36. The second-order valence-electron chi connectivity index (χ2n) is 6.00. The van der Waals surface area contributed by atoms with Gasteiger partial charge in [0.25, 0.3) is 0 Å². The molecule has 0 aromatic carbocycles. The maximum atomic E-state index is 12.3.